The van der Waals surface area contributed by atoms with E-state index in [0.29, 0.717) is 96.9 Å². The molecule has 764 valence electrons. The average Bonchev–Trinajstić information content (AvgIpc) is 1.63. The summed E-state index contributed by atoms with van der Waals surface area (Å²) in [5.74, 6) is -3.29. The third-order valence-corrected chi connectivity index (χ3v) is 28.1. The second kappa shape index (κ2) is 48.0. The predicted octanol–water partition coefficient (Wildman–Crippen LogP) is 27.8. The van der Waals surface area contributed by atoms with Gasteiger partial charge in [-0.1, -0.05) is 182 Å². The van der Waals surface area contributed by atoms with Crippen LogP contribution >= 0.6 is 0 Å². The van der Waals surface area contributed by atoms with Gasteiger partial charge in [-0.05, 0) is 303 Å². The van der Waals surface area contributed by atoms with E-state index in [1.807, 2.05) is 197 Å². The molecule has 0 spiro atoms. The molecule has 6 aromatic heterocycles. The zero-order chi connectivity index (χ0) is 105. The Morgan fingerprint density at radius 1 is 0.340 bits per heavy atom. The molecule has 2 N–H and O–H groups in total. The van der Waals surface area contributed by atoms with Gasteiger partial charge in [-0.2, -0.15) is 36.5 Å². The molecule has 26 heteroatoms. The van der Waals surface area contributed by atoms with Crippen LogP contribution in [0.5, 0.6) is 11.5 Å². The molecule has 0 bridgehead atoms. The van der Waals surface area contributed by atoms with E-state index < -0.39 is 52.9 Å². The molecule has 0 fully saturated rings. The molecule has 20 rings (SSSR count). The summed E-state index contributed by atoms with van der Waals surface area (Å²) < 4.78 is 140. The number of allylic oxidation sites excluding steroid dienone is 4. The molecule has 4 unspecified atom stereocenters. The molecule has 4 aliphatic rings. The maximum absolute atomic E-state index is 14.0. The molecular formula is C124H112F10N10O6. The monoisotopic (exact) mass is 2030 g/mol. The van der Waals surface area contributed by atoms with E-state index >= 15 is 0 Å². The minimum Gasteiger partial charge on any atom is -0.508 e. The summed E-state index contributed by atoms with van der Waals surface area (Å²) in [6.07, 6.45) is 10.5. The van der Waals surface area contributed by atoms with Crippen LogP contribution in [-0.4, -0.2) is 82.8 Å². The van der Waals surface area contributed by atoms with Gasteiger partial charge in [0.2, 0.25) is 0 Å². The number of rotatable bonds is 32. The highest BCUT2D eigenvalue weighted by molar-refractivity contribution is 5.94. The zero-order valence-corrected chi connectivity index (χ0v) is 83.5. The molecule has 0 amide bonds. The first kappa shape index (κ1) is 105. The van der Waals surface area contributed by atoms with E-state index in [-0.39, 0.29) is 122 Å². The van der Waals surface area contributed by atoms with Gasteiger partial charge >= 0.3 is 12.4 Å². The van der Waals surface area contributed by atoms with Crippen LogP contribution in [0.25, 0.3) is 55.9 Å². The number of halogens is 10. The number of phenols is 2. The van der Waals surface area contributed by atoms with Crippen molar-refractivity contribution < 1.29 is 73.3 Å². The van der Waals surface area contributed by atoms with Crippen LogP contribution in [0.4, 0.5) is 43.9 Å². The Labute approximate surface area is 864 Å². The Balaban J connectivity index is 0.000000136. The lowest BCUT2D eigenvalue weighted by molar-refractivity contribution is -0.143. The molecule has 0 saturated heterocycles. The first-order valence-electron chi connectivity index (χ1n) is 50.5. The average molecular weight is 2030 g/mol. The topological polar surface area (TPSA) is 222 Å². The quantitative estimate of drug-likeness (QED) is 0.0375. The number of fused-ring (bicyclic) bond motifs is 4. The van der Waals surface area contributed by atoms with E-state index in [2.05, 4.69) is 79.5 Å². The number of benzene rings is 10. The van der Waals surface area contributed by atoms with Crippen molar-refractivity contribution in [2.45, 2.75) is 205 Å². The van der Waals surface area contributed by atoms with Crippen molar-refractivity contribution in [2.75, 3.05) is 0 Å². The number of ketones is 4. The number of phenolic OH excluding ortho intramolecular Hbond substituents is 2. The lowest BCUT2D eigenvalue weighted by Crippen LogP contribution is -2.20. The van der Waals surface area contributed by atoms with Gasteiger partial charge in [-0.25, -0.2) is 37.5 Å². The number of Topliss-reactive ketones (excluding diaryl/α,β-unsaturated/α-hetero) is 4. The lowest BCUT2D eigenvalue weighted by atomic mass is 9.87. The smallest absolute Gasteiger partial charge is 0.435 e. The molecule has 0 aliphatic heterocycles. The summed E-state index contributed by atoms with van der Waals surface area (Å²) in [4.78, 5) is 81.1. The Bertz CT molecular complexity index is 7630. The van der Waals surface area contributed by atoms with Gasteiger partial charge in [0, 0.05) is 144 Å². The SMILES string of the molecule is Cc1ccccc1-c1ccnc(C(CC(=O)CC2=CCc3ccc(O)cc32)Cc2cc(F)cc(F)c2)c1.Cc1ccccc1-c1ccnc(C(CC(=O)CC2=CCc3ccc(O)cc32)Cc2ccccc2)c1.Cc1ccccc1-c1ccnc(C(CC(=O)Cn2nc(C(F)(F)F)c3c2CCCC3)Cc2cc(F)cc(F)c2)n1.Cc1ccccc1-c1ccnc(C(CC(=O)Cn2nc(C(F)(F)F)c3c2CCCC3)Cc2ccccc2)n1. The van der Waals surface area contributed by atoms with Crippen LogP contribution < -0.4 is 0 Å². The normalized spacial score (nSPS) is 13.7. The fourth-order valence-electron chi connectivity index (χ4n) is 20.8. The van der Waals surface area contributed by atoms with Crippen molar-refractivity contribution >= 4 is 34.3 Å². The second-order valence-electron chi connectivity index (χ2n) is 39.1. The van der Waals surface area contributed by atoms with Gasteiger partial charge < -0.3 is 10.2 Å². The molecule has 6 heterocycles. The highest BCUT2D eigenvalue weighted by atomic mass is 19.4. The van der Waals surface area contributed by atoms with Crippen LogP contribution in [0, 0.1) is 51.0 Å². The van der Waals surface area contributed by atoms with Crippen LogP contribution in [0.15, 0.2) is 304 Å². The van der Waals surface area contributed by atoms with E-state index in [0.717, 1.165) is 134 Å². The molecule has 4 atom stereocenters. The van der Waals surface area contributed by atoms with Crippen molar-refractivity contribution in [1.82, 2.24) is 49.5 Å². The van der Waals surface area contributed by atoms with Crippen molar-refractivity contribution in [3.8, 4) is 56.3 Å². The van der Waals surface area contributed by atoms with Gasteiger partial charge in [-0.3, -0.25) is 38.5 Å². The number of alkyl halides is 6. The van der Waals surface area contributed by atoms with E-state index in [9.17, 15) is 73.3 Å². The maximum Gasteiger partial charge on any atom is 0.435 e. The second-order valence-corrected chi connectivity index (χ2v) is 39.1. The minimum absolute atomic E-state index is 0.00686. The van der Waals surface area contributed by atoms with Crippen LogP contribution in [0.2, 0.25) is 0 Å². The zero-order valence-electron chi connectivity index (χ0n) is 83.5. The Morgan fingerprint density at radius 2 is 0.673 bits per heavy atom. The number of aromatic nitrogens is 10. The van der Waals surface area contributed by atoms with Gasteiger partial charge in [0.05, 0.1) is 24.5 Å². The highest BCUT2D eigenvalue weighted by Gasteiger charge is 2.42. The van der Waals surface area contributed by atoms with Gasteiger partial charge in [0.15, 0.2) is 23.0 Å². The number of hydrogen-bond acceptors (Lipinski definition) is 14. The van der Waals surface area contributed by atoms with E-state index in [4.69, 9.17) is 9.97 Å². The maximum atomic E-state index is 14.0. The summed E-state index contributed by atoms with van der Waals surface area (Å²) in [6, 6.07) is 81.0. The fourth-order valence-corrected chi connectivity index (χ4v) is 20.8. The number of aryl methyl sites for hydroxylation is 4. The Kier molecular flexibility index (Phi) is 33.7. The van der Waals surface area contributed by atoms with E-state index in [1.54, 1.807) is 48.9 Å². The number of nitrogens with zero attached hydrogens (tertiary/aromatic N) is 10. The predicted molar refractivity (Wildman–Crippen MR) is 560 cm³/mol. The molecule has 4 aliphatic carbocycles. The van der Waals surface area contributed by atoms with Crippen molar-refractivity contribution in [1.29, 1.82) is 0 Å². The Morgan fingerprint density at radius 3 is 1.05 bits per heavy atom. The Hall–Kier alpha value is -15.9. The van der Waals surface area contributed by atoms with Gasteiger partial charge in [-0.15, -0.1) is 0 Å². The molecule has 150 heavy (non-hydrogen) atoms. The summed E-state index contributed by atoms with van der Waals surface area (Å²) in [7, 11) is 0. The molecule has 16 aromatic rings. The van der Waals surface area contributed by atoms with Crippen molar-refractivity contribution in [3.63, 3.8) is 0 Å². The van der Waals surface area contributed by atoms with Crippen LogP contribution in [-0.2, 0) is 109 Å². The molecule has 0 radical (unpaired) electrons. The fraction of sp³-hybridized carbons (Fsp3) is 0.258. The first-order valence-corrected chi connectivity index (χ1v) is 50.5. The standard InChI is InChI=1S/C32H27F2NO2.C32H29NO2.C30H27F5N4O.C30H29F3N4O/c1-20-4-2-3-5-30(20)24-10-11-35-32(17-24)25(12-21-13-26(33)18-27(34)14-21)16-29(37)15-23-7-6-22-8-9-28(36)19-31(22)23;1-22-7-5-6-10-30(22)26-15-16-33-32(20-26)27(17-23-8-3-2-4-9-23)19-29(35)18-25-12-11-24-13-14-28(34)21-31(24)25;1-18-6-2-3-7-24(18)26-10-11-36-29(37-26)20(12-19-13-21(31)16-22(32)14-19)15-23(40)17-39-27-9-5-4-8-25(27)28(38-39)30(33,34)35;1-20-9-5-6-12-24(20)26-15-16-34-29(35-26)22(17-21-10-3-2-4-11-21)18-23(38)19-37-27-14-8-7-13-25(27)28(36-37)30(31,32)33/h2-5,7-11,13-14,17-19,25,36H,6,12,15-16H2,1H3;2-10,12-16,20-21,27,34H,11,17-19H2,1H3;2-3,6-7,10-11,13-14,16,20H,4-5,8-9,12,15,17H2,1H3;2-6,9-12,15-16,22H,7-8,13-14,17-19H2,1H3. The number of aromatic hydroxyl groups is 2. The summed E-state index contributed by atoms with van der Waals surface area (Å²) in [5, 5.41) is 27.5. The lowest BCUT2D eigenvalue weighted by Gasteiger charge is -2.18. The van der Waals surface area contributed by atoms with Gasteiger partial charge in [0.25, 0.3) is 0 Å². The summed E-state index contributed by atoms with van der Waals surface area (Å²) in [6.45, 7) is 7.57. The minimum atomic E-state index is -4.61. The number of carbonyl (C=O) groups is 4. The van der Waals surface area contributed by atoms with Crippen molar-refractivity contribution in [3.05, 3.63) is 451 Å². The van der Waals surface area contributed by atoms with Crippen LogP contribution in [0.3, 0.4) is 0 Å². The summed E-state index contributed by atoms with van der Waals surface area (Å²) in [5.41, 5.74) is 22.4. The van der Waals surface area contributed by atoms with Crippen molar-refractivity contribution in [2.24, 2.45) is 0 Å². The first-order chi connectivity index (χ1) is 72.3. The third-order valence-electron chi connectivity index (χ3n) is 28.1. The van der Waals surface area contributed by atoms with Gasteiger partial charge in [0.1, 0.15) is 58.0 Å². The molecule has 16 nitrogen and oxygen atoms in total. The van der Waals surface area contributed by atoms with Crippen LogP contribution in [0.1, 0.15) is 212 Å². The highest BCUT2D eigenvalue weighted by Crippen LogP contribution is 2.43. The number of carbonyl (C=O) groups excluding carboxylic acids is 4. The third kappa shape index (κ3) is 27.0. The number of pyridine rings is 2. The molecule has 10 aromatic carbocycles. The molecule has 0 saturated carbocycles. The van der Waals surface area contributed by atoms with E-state index in [1.165, 1.54) is 55.9 Å². The largest absolute Gasteiger partial charge is 0.508 e. The summed E-state index contributed by atoms with van der Waals surface area (Å²) >= 11 is 0. The number of hydrogen-bond donors (Lipinski definition) is 2. The molecular weight excluding hydrogens is 1920 g/mol.